The molecule has 2 atom stereocenters. The van der Waals surface area contributed by atoms with Crippen molar-refractivity contribution in [1.29, 1.82) is 0 Å². The van der Waals surface area contributed by atoms with Crippen LogP contribution in [0.4, 0.5) is 0 Å². The molecule has 2 fully saturated rings. The van der Waals surface area contributed by atoms with Gasteiger partial charge >= 0.3 is 0 Å². The van der Waals surface area contributed by atoms with Crippen molar-refractivity contribution in [3.05, 3.63) is 0 Å². The molecule has 1 aliphatic heterocycles. The lowest BCUT2D eigenvalue weighted by atomic mass is 9.99. The topological polar surface area (TPSA) is 41.1 Å². The Hall–Kier alpha value is -0.570. The Labute approximate surface area is 92.0 Å². The highest BCUT2D eigenvalue weighted by Crippen LogP contribution is 2.27. The van der Waals surface area contributed by atoms with E-state index in [1.165, 1.54) is 25.7 Å². The van der Waals surface area contributed by atoms with Crippen LogP contribution in [0.25, 0.3) is 0 Å². The summed E-state index contributed by atoms with van der Waals surface area (Å²) in [6, 6.07) is 0.441. The van der Waals surface area contributed by atoms with E-state index < -0.39 is 0 Å². The van der Waals surface area contributed by atoms with Crippen molar-refractivity contribution in [2.45, 2.75) is 57.5 Å². The fourth-order valence-electron chi connectivity index (χ4n) is 2.81. The van der Waals surface area contributed by atoms with E-state index >= 15 is 0 Å². The average molecular weight is 210 g/mol. The molecule has 1 saturated heterocycles. The molecule has 1 heterocycles. The van der Waals surface area contributed by atoms with Crippen molar-refractivity contribution in [2.75, 3.05) is 6.54 Å². The number of hydrogen-bond donors (Lipinski definition) is 2. The van der Waals surface area contributed by atoms with Crippen molar-refractivity contribution in [3.8, 4) is 0 Å². The van der Waals surface area contributed by atoms with Gasteiger partial charge in [0.2, 0.25) is 5.91 Å². The zero-order chi connectivity index (χ0) is 10.7. The van der Waals surface area contributed by atoms with Crippen LogP contribution < -0.4 is 10.6 Å². The normalized spacial score (nSPS) is 29.3. The molecule has 15 heavy (non-hydrogen) atoms. The van der Waals surface area contributed by atoms with Crippen LogP contribution in [-0.2, 0) is 4.79 Å². The second-order valence-electron chi connectivity index (χ2n) is 4.99. The summed E-state index contributed by atoms with van der Waals surface area (Å²) in [7, 11) is 0. The quantitative estimate of drug-likeness (QED) is 0.740. The number of nitrogens with one attached hydrogen (secondary N) is 2. The summed E-state index contributed by atoms with van der Waals surface area (Å²) in [5.41, 5.74) is 0. The third-order valence-electron chi connectivity index (χ3n) is 3.85. The van der Waals surface area contributed by atoms with E-state index in [0.29, 0.717) is 6.04 Å². The second-order valence-corrected chi connectivity index (χ2v) is 4.99. The largest absolute Gasteiger partial charge is 0.352 e. The summed E-state index contributed by atoms with van der Waals surface area (Å²) in [4.78, 5) is 11.8. The molecule has 2 aliphatic rings. The SMILES string of the molecule is CC(NC(=O)[C@@H]1CCCN1)C1CCCC1. The fourth-order valence-corrected chi connectivity index (χ4v) is 2.81. The van der Waals surface area contributed by atoms with Crippen LogP contribution >= 0.6 is 0 Å². The average Bonchev–Trinajstić information content (AvgIpc) is 2.91. The summed E-state index contributed by atoms with van der Waals surface area (Å²) in [6.45, 7) is 3.15. The standard InChI is InChI=1S/C12H22N2O/c1-9(10-5-2-3-6-10)14-12(15)11-7-4-8-13-11/h9-11,13H,2-8H2,1H3,(H,14,15)/t9?,11-/m0/s1. The molecule has 0 aromatic carbocycles. The fraction of sp³-hybridized carbons (Fsp3) is 0.917. The third-order valence-corrected chi connectivity index (χ3v) is 3.85. The summed E-state index contributed by atoms with van der Waals surface area (Å²) in [6.07, 6.45) is 7.40. The van der Waals surface area contributed by atoms with Crippen LogP contribution in [-0.4, -0.2) is 24.5 Å². The molecule has 3 heteroatoms. The van der Waals surface area contributed by atoms with Crippen LogP contribution in [0.1, 0.15) is 45.4 Å². The minimum absolute atomic E-state index is 0.0776. The molecular formula is C12H22N2O. The number of rotatable bonds is 3. The minimum Gasteiger partial charge on any atom is -0.352 e. The van der Waals surface area contributed by atoms with Gasteiger partial charge in [0.05, 0.1) is 6.04 Å². The van der Waals surface area contributed by atoms with Crippen LogP contribution in [0.2, 0.25) is 0 Å². The lowest BCUT2D eigenvalue weighted by Crippen LogP contribution is -2.46. The monoisotopic (exact) mass is 210 g/mol. The molecule has 0 aromatic heterocycles. The number of hydrogen-bond acceptors (Lipinski definition) is 2. The van der Waals surface area contributed by atoms with Gasteiger partial charge in [-0.25, -0.2) is 0 Å². The Morgan fingerprint density at radius 1 is 1.27 bits per heavy atom. The molecule has 0 spiro atoms. The highest BCUT2D eigenvalue weighted by atomic mass is 16.2. The smallest absolute Gasteiger partial charge is 0.237 e. The first-order valence-corrected chi connectivity index (χ1v) is 6.31. The predicted octanol–water partition coefficient (Wildman–Crippen LogP) is 1.43. The molecule has 3 nitrogen and oxygen atoms in total. The minimum atomic E-state index is 0.0776. The summed E-state index contributed by atoms with van der Waals surface area (Å²) in [5.74, 6) is 0.933. The van der Waals surface area contributed by atoms with Gasteiger partial charge in [-0.2, -0.15) is 0 Å². The van der Waals surface area contributed by atoms with Crippen LogP contribution in [0, 0.1) is 5.92 Å². The van der Waals surface area contributed by atoms with Gasteiger partial charge in [0.15, 0.2) is 0 Å². The third kappa shape index (κ3) is 2.71. The van der Waals surface area contributed by atoms with Gasteiger partial charge in [0.1, 0.15) is 0 Å². The first kappa shape index (κ1) is 10.9. The zero-order valence-electron chi connectivity index (χ0n) is 9.59. The lowest BCUT2D eigenvalue weighted by molar-refractivity contribution is -0.123. The Bertz CT molecular complexity index is 218. The molecule has 1 unspecified atom stereocenters. The van der Waals surface area contributed by atoms with Crippen molar-refractivity contribution in [2.24, 2.45) is 5.92 Å². The van der Waals surface area contributed by atoms with E-state index in [1.807, 2.05) is 0 Å². The van der Waals surface area contributed by atoms with Gasteiger partial charge in [-0.15, -0.1) is 0 Å². The molecule has 1 saturated carbocycles. The van der Waals surface area contributed by atoms with Crippen molar-refractivity contribution in [1.82, 2.24) is 10.6 Å². The second kappa shape index (κ2) is 4.97. The van der Waals surface area contributed by atoms with Gasteiger partial charge in [-0.1, -0.05) is 12.8 Å². The molecule has 1 amide bonds. The Kier molecular flexibility index (Phi) is 3.62. The Morgan fingerprint density at radius 3 is 2.60 bits per heavy atom. The van der Waals surface area contributed by atoms with Gasteiger partial charge in [0.25, 0.3) is 0 Å². The molecule has 2 rings (SSSR count). The maximum atomic E-state index is 11.8. The molecule has 1 aliphatic carbocycles. The van der Waals surface area contributed by atoms with Crippen molar-refractivity contribution in [3.63, 3.8) is 0 Å². The number of amides is 1. The molecule has 0 radical (unpaired) electrons. The first-order valence-electron chi connectivity index (χ1n) is 6.31. The van der Waals surface area contributed by atoms with E-state index in [9.17, 15) is 4.79 Å². The number of carbonyl (C=O) groups excluding carboxylic acids is 1. The maximum Gasteiger partial charge on any atom is 0.237 e. The highest BCUT2D eigenvalue weighted by molar-refractivity contribution is 5.82. The van der Waals surface area contributed by atoms with Gasteiger partial charge < -0.3 is 10.6 Å². The molecular weight excluding hydrogens is 188 g/mol. The number of carbonyl (C=O) groups is 1. The van der Waals surface area contributed by atoms with Crippen molar-refractivity contribution < 1.29 is 4.79 Å². The maximum absolute atomic E-state index is 11.8. The van der Waals surface area contributed by atoms with Crippen LogP contribution in [0.15, 0.2) is 0 Å². The highest BCUT2D eigenvalue weighted by Gasteiger charge is 2.27. The van der Waals surface area contributed by atoms with Gasteiger partial charge in [-0.3, -0.25) is 4.79 Å². The van der Waals surface area contributed by atoms with E-state index in [0.717, 1.165) is 25.3 Å². The molecule has 0 bridgehead atoms. The van der Waals surface area contributed by atoms with E-state index in [4.69, 9.17) is 0 Å². The first-order chi connectivity index (χ1) is 7.27. The lowest BCUT2D eigenvalue weighted by Gasteiger charge is -2.22. The van der Waals surface area contributed by atoms with Gasteiger partial charge in [0, 0.05) is 6.04 Å². The molecule has 2 N–H and O–H groups in total. The zero-order valence-corrected chi connectivity index (χ0v) is 9.59. The Balaban J connectivity index is 1.77. The van der Waals surface area contributed by atoms with E-state index in [1.54, 1.807) is 0 Å². The van der Waals surface area contributed by atoms with Gasteiger partial charge in [-0.05, 0) is 45.1 Å². The van der Waals surface area contributed by atoms with Crippen molar-refractivity contribution >= 4 is 5.91 Å². The van der Waals surface area contributed by atoms with E-state index in [-0.39, 0.29) is 11.9 Å². The summed E-state index contributed by atoms with van der Waals surface area (Å²) >= 11 is 0. The summed E-state index contributed by atoms with van der Waals surface area (Å²) in [5, 5.41) is 6.40. The molecule has 86 valence electrons. The van der Waals surface area contributed by atoms with Crippen LogP contribution in [0.3, 0.4) is 0 Å². The summed E-state index contributed by atoms with van der Waals surface area (Å²) < 4.78 is 0. The Morgan fingerprint density at radius 2 is 2.00 bits per heavy atom. The molecule has 0 aromatic rings. The van der Waals surface area contributed by atoms with Crippen LogP contribution in [0.5, 0.6) is 0 Å². The predicted molar refractivity (Wildman–Crippen MR) is 60.6 cm³/mol. The van der Waals surface area contributed by atoms with E-state index in [2.05, 4.69) is 17.6 Å².